The molecule has 0 fully saturated rings. The van der Waals surface area contributed by atoms with Crippen LogP contribution < -0.4 is 9.47 Å². The van der Waals surface area contributed by atoms with Gasteiger partial charge < -0.3 is 9.47 Å². The Morgan fingerprint density at radius 2 is 2.14 bits per heavy atom. The van der Waals surface area contributed by atoms with Crippen molar-refractivity contribution in [3.63, 3.8) is 0 Å². The number of benzene rings is 1. The number of ether oxygens (including phenoxy) is 2. The van der Waals surface area contributed by atoms with E-state index in [-0.39, 0.29) is 0 Å². The fourth-order valence-electron chi connectivity index (χ4n) is 1.19. The molecule has 0 radical (unpaired) electrons. The van der Waals surface area contributed by atoms with Crippen molar-refractivity contribution in [2.45, 2.75) is 6.92 Å². The van der Waals surface area contributed by atoms with E-state index in [0.717, 1.165) is 17.1 Å². The van der Waals surface area contributed by atoms with Gasteiger partial charge in [0.25, 0.3) is 0 Å². The Kier molecular flexibility index (Phi) is 3.98. The van der Waals surface area contributed by atoms with Crippen molar-refractivity contribution in [3.05, 3.63) is 23.8 Å². The summed E-state index contributed by atoms with van der Waals surface area (Å²) in [5.74, 6) is 1.51. The molecule has 0 heterocycles. The van der Waals surface area contributed by atoms with Crippen LogP contribution in [0.2, 0.25) is 0 Å². The van der Waals surface area contributed by atoms with Crippen LogP contribution in [0.4, 0.5) is 0 Å². The second kappa shape index (κ2) is 5.27. The number of hydrogen-bond acceptors (Lipinski definition) is 3. The minimum Gasteiger partial charge on any atom is -0.493 e. The molecular weight excluding hydrogens is 178 g/mol. The molecular formula is C11H15NO2. The van der Waals surface area contributed by atoms with E-state index in [4.69, 9.17) is 9.47 Å². The topological polar surface area (TPSA) is 30.8 Å². The van der Waals surface area contributed by atoms with Gasteiger partial charge in [-0.25, -0.2) is 0 Å². The average molecular weight is 193 g/mol. The van der Waals surface area contributed by atoms with E-state index in [1.807, 2.05) is 25.1 Å². The smallest absolute Gasteiger partial charge is 0.161 e. The number of nitrogens with zero attached hydrogens (tertiary/aromatic N) is 1. The summed E-state index contributed by atoms with van der Waals surface area (Å²) in [6.45, 7) is 2.58. The van der Waals surface area contributed by atoms with Gasteiger partial charge in [0.15, 0.2) is 11.5 Å². The van der Waals surface area contributed by atoms with Crippen molar-refractivity contribution in [1.29, 1.82) is 0 Å². The third kappa shape index (κ3) is 2.49. The zero-order chi connectivity index (χ0) is 10.4. The Morgan fingerprint density at radius 3 is 2.71 bits per heavy atom. The van der Waals surface area contributed by atoms with Crippen LogP contribution in [0.15, 0.2) is 23.2 Å². The van der Waals surface area contributed by atoms with Crippen LogP contribution in [0.25, 0.3) is 0 Å². The average Bonchev–Trinajstić information content (AvgIpc) is 2.21. The van der Waals surface area contributed by atoms with Crippen molar-refractivity contribution in [1.82, 2.24) is 0 Å². The predicted molar refractivity (Wildman–Crippen MR) is 57.7 cm³/mol. The van der Waals surface area contributed by atoms with Gasteiger partial charge in [0.1, 0.15) is 0 Å². The van der Waals surface area contributed by atoms with Crippen molar-refractivity contribution in [2.75, 3.05) is 20.8 Å². The van der Waals surface area contributed by atoms with Crippen molar-refractivity contribution >= 4 is 6.21 Å². The van der Waals surface area contributed by atoms with Gasteiger partial charge in [-0.15, -0.1) is 0 Å². The van der Waals surface area contributed by atoms with Gasteiger partial charge in [-0.05, 0) is 30.7 Å². The first-order valence-corrected chi connectivity index (χ1v) is 4.54. The monoisotopic (exact) mass is 193 g/mol. The van der Waals surface area contributed by atoms with E-state index < -0.39 is 0 Å². The van der Waals surface area contributed by atoms with Crippen LogP contribution >= 0.6 is 0 Å². The van der Waals surface area contributed by atoms with Crippen LogP contribution in [-0.2, 0) is 0 Å². The van der Waals surface area contributed by atoms with Gasteiger partial charge in [-0.1, -0.05) is 0 Å². The summed E-state index contributed by atoms with van der Waals surface area (Å²) in [6, 6.07) is 5.73. The molecule has 0 aliphatic rings. The molecule has 76 valence electrons. The zero-order valence-corrected chi connectivity index (χ0v) is 8.78. The molecule has 0 unspecified atom stereocenters. The Labute approximate surface area is 84.4 Å². The number of rotatable bonds is 4. The van der Waals surface area contributed by atoms with Crippen LogP contribution in [-0.4, -0.2) is 27.0 Å². The molecule has 3 heteroatoms. The molecule has 1 aromatic carbocycles. The maximum atomic E-state index is 5.39. The number of hydrogen-bond donors (Lipinski definition) is 0. The molecule has 0 saturated heterocycles. The van der Waals surface area contributed by atoms with Gasteiger partial charge in [-0.2, -0.15) is 0 Å². The summed E-state index contributed by atoms with van der Waals surface area (Å²) in [6.07, 6.45) is 1.78. The van der Waals surface area contributed by atoms with Crippen molar-refractivity contribution in [3.8, 4) is 11.5 Å². The van der Waals surface area contributed by atoms with Gasteiger partial charge in [0.05, 0.1) is 13.7 Å². The summed E-state index contributed by atoms with van der Waals surface area (Å²) in [4.78, 5) is 3.94. The summed E-state index contributed by atoms with van der Waals surface area (Å²) in [5, 5.41) is 0. The van der Waals surface area contributed by atoms with Crippen LogP contribution in [0.5, 0.6) is 11.5 Å². The normalized spacial score (nSPS) is 10.5. The Morgan fingerprint density at radius 1 is 1.36 bits per heavy atom. The molecule has 0 bridgehead atoms. The molecule has 0 N–H and O–H groups in total. The Bertz CT molecular complexity index is 321. The highest BCUT2D eigenvalue weighted by molar-refractivity contribution is 5.80. The maximum absolute atomic E-state index is 5.39. The number of aliphatic imine (C=N–C) groups is 1. The third-order valence-corrected chi connectivity index (χ3v) is 1.77. The van der Waals surface area contributed by atoms with Crippen LogP contribution in [0.1, 0.15) is 12.5 Å². The molecule has 3 nitrogen and oxygen atoms in total. The summed E-state index contributed by atoms with van der Waals surface area (Å²) in [5.41, 5.74) is 1.01. The third-order valence-electron chi connectivity index (χ3n) is 1.77. The van der Waals surface area contributed by atoms with Gasteiger partial charge in [-0.3, -0.25) is 4.99 Å². The highest BCUT2D eigenvalue weighted by Crippen LogP contribution is 2.27. The Hall–Kier alpha value is -1.51. The lowest BCUT2D eigenvalue weighted by atomic mass is 10.2. The van der Waals surface area contributed by atoms with E-state index in [0.29, 0.717) is 6.61 Å². The van der Waals surface area contributed by atoms with E-state index in [1.54, 1.807) is 20.4 Å². The molecule has 1 rings (SSSR count). The summed E-state index contributed by atoms with van der Waals surface area (Å²) >= 11 is 0. The highest BCUT2D eigenvalue weighted by atomic mass is 16.5. The minimum absolute atomic E-state index is 0.636. The van der Waals surface area contributed by atoms with Gasteiger partial charge >= 0.3 is 0 Å². The molecule has 14 heavy (non-hydrogen) atoms. The fourth-order valence-corrected chi connectivity index (χ4v) is 1.19. The van der Waals surface area contributed by atoms with Crippen molar-refractivity contribution < 1.29 is 9.47 Å². The fraction of sp³-hybridized carbons (Fsp3) is 0.364. The van der Waals surface area contributed by atoms with Crippen LogP contribution in [0.3, 0.4) is 0 Å². The first-order valence-electron chi connectivity index (χ1n) is 4.54. The largest absolute Gasteiger partial charge is 0.493 e. The lowest BCUT2D eigenvalue weighted by Crippen LogP contribution is -1.96. The second-order valence-corrected chi connectivity index (χ2v) is 2.73. The molecule has 0 atom stereocenters. The molecule has 0 aromatic heterocycles. The number of methoxy groups -OCH3 is 1. The predicted octanol–water partition coefficient (Wildman–Crippen LogP) is 2.14. The van der Waals surface area contributed by atoms with E-state index in [1.165, 1.54) is 0 Å². The molecule has 1 aromatic rings. The zero-order valence-electron chi connectivity index (χ0n) is 8.78. The second-order valence-electron chi connectivity index (χ2n) is 2.73. The summed E-state index contributed by atoms with van der Waals surface area (Å²) in [7, 11) is 3.37. The van der Waals surface area contributed by atoms with E-state index in [2.05, 4.69) is 4.99 Å². The first-order chi connectivity index (χ1) is 6.81. The Balaban J connectivity index is 2.98. The lowest BCUT2D eigenvalue weighted by Gasteiger charge is -2.09. The van der Waals surface area contributed by atoms with Crippen LogP contribution in [0, 0.1) is 0 Å². The minimum atomic E-state index is 0.636. The molecule has 0 spiro atoms. The SMILES string of the molecule is CCOc1ccc(C=NC)cc1OC. The van der Waals surface area contributed by atoms with E-state index >= 15 is 0 Å². The molecule has 0 amide bonds. The van der Waals surface area contributed by atoms with Gasteiger partial charge in [0, 0.05) is 13.3 Å². The van der Waals surface area contributed by atoms with Crippen molar-refractivity contribution in [2.24, 2.45) is 4.99 Å². The highest BCUT2D eigenvalue weighted by Gasteiger charge is 2.03. The maximum Gasteiger partial charge on any atom is 0.161 e. The molecule has 0 saturated carbocycles. The standard InChI is InChI=1S/C11H15NO2/c1-4-14-10-6-5-9(8-12-2)7-11(10)13-3/h5-8H,4H2,1-3H3. The molecule has 0 aliphatic carbocycles. The van der Waals surface area contributed by atoms with E-state index in [9.17, 15) is 0 Å². The quantitative estimate of drug-likeness (QED) is 0.686. The van der Waals surface area contributed by atoms with Gasteiger partial charge in [0.2, 0.25) is 0 Å². The lowest BCUT2D eigenvalue weighted by molar-refractivity contribution is 0.311. The first kappa shape index (κ1) is 10.6. The summed E-state index contributed by atoms with van der Waals surface area (Å²) < 4.78 is 10.6. The molecule has 0 aliphatic heterocycles.